The molecular formula is C13H30N2S. The number of thioether (sulfide) groups is 1. The van der Waals surface area contributed by atoms with Gasteiger partial charge >= 0.3 is 0 Å². The van der Waals surface area contributed by atoms with E-state index in [1.54, 1.807) is 0 Å². The topological polar surface area (TPSA) is 38.0 Å². The Balaban J connectivity index is 3.12. The van der Waals surface area contributed by atoms with Crippen molar-refractivity contribution < 1.29 is 0 Å². The predicted molar refractivity (Wildman–Crippen MR) is 76.7 cm³/mol. The maximum Gasteiger partial charge on any atom is 0.0301 e. The Morgan fingerprint density at radius 3 is 2.06 bits per heavy atom. The van der Waals surface area contributed by atoms with Crippen LogP contribution in [0.5, 0.6) is 0 Å². The summed E-state index contributed by atoms with van der Waals surface area (Å²) >= 11 is 1.87. The number of unbranched alkanes of at least 4 members (excludes halogenated alkanes) is 7. The van der Waals surface area contributed by atoms with E-state index in [2.05, 4.69) is 18.6 Å². The average molecular weight is 246 g/mol. The van der Waals surface area contributed by atoms with Crippen LogP contribution in [-0.4, -0.2) is 18.1 Å². The molecule has 0 amide bonds. The third kappa shape index (κ3) is 10.8. The smallest absolute Gasteiger partial charge is 0.0301 e. The molecular weight excluding hydrogens is 216 g/mol. The van der Waals surface area contributed by atoms with Crippen molar-refractivity contribution in [1.82, 2.24) is 5.43 Å². The van der Waals surface area contributed by atoms with Crippen molar-refractivity contribution in [2.45, 2.75) is 70.8 Å². The summed E-state index contributed by atoms with van der Waals surface area (Å²) in [7, 11) is 0. The van der Waals surface area contributed by atoms with Crippen LogP contribution in [0.4, 0.5) is 0 Å². The van der Waals surface area contributed by atoms with E-state index < -0.39 is 0 Å². The molecule has 0 rings (SSSR count). The fraction of sp³-hybridized carbons (Fsp3) is 1.00. The van der Waals surface area contributed by atoms with Crippen LogP contribution in [-0.2, 0) is 0 Å². The predicted octanol–water partition coefficient (Wildman–Crippen LogP) is 3.71. The first-order valence-corrected chi connectivity index (χ1v) is 8.19. The van der Waals surface area contributed by atoms with Crippen molar-refractivity contribution in [3.63, 3.8) is 0 Å². The van der Waals surface area contributed by atoms with Crippen molar-refractivity contribution >= 4 is 11.8 Å². The van der Waals surface area contributed by atoms with E-state index in [0.29, 0.717) is 6.04 Å². The molecule has 0 aromatic rings. The van der Waals surface area contributed by atoms with Gasteiger partial charge in [0.25, 0.3) is 0 Å². The quantitative estimate of drug-likeness (QED) is 0.313. The molecule has 0 spiro atoms. The molecule has 1 atom stereocenters. The van der Waals surface area contributed by atoms with Gasteiger partial charge in [0.05, 0.1) is 0 Å². The minimum absolute atomic E-state index is 0.509. The summed E-state index contributed by atoms with van der Waals surface area (Å²) in [5, 5.41) is 0. The lowest BCUT2D eigenvalue weighted by molar-refractivity contribution is 0.491. The second-order valence-corrected chi connectivity index (χ2v) is 5.49. The Morgan fingerprint density at radius 2 is 1.56 bits per heavy atom. The highest BCUT2D eigenvalue weighted by Crippen LogP contribution is 2.11. The van der Waals surface area contributed by atoms with Crippen LogP contribution >= 0.6 is 11.8 Å². The second-order valence-electron chi connectivity index (χ2n) is 4.58. The van der Waals surface area contributed by atoms with Crippen molar-refractivity contribution in [3.05, 3.63) is 0 Å². The van der Waals surface area contributed by atoms with Gasteiger partial charge in [-0.05, 0) is 12.7 Å². The van der Waals surface area contributed by atoms with Crippen molar-refractivity contribution in [2.24, 2.45) is 5.84 Å². The first kappa shape index (κ1) is 16.3. The molecule has 0 aliphatic carbocycles. The SMILES string of the molecule is CCCCCCCCCCC(CSC)NN. The fourth-order valence-corrected chi connectivity index (χ4v) is 2.61. The van der Waals surface area contributed by atoms with Crippen LogP contribution < -0.4 is 11.3 Å². The van der Waals surface area contributed by atoms with Gasteiger partial charge in [-0.3, -0.25) is 11.3 Å². The Kier molecular flexibility index (Phi) is 13.6. The number of nitrogens with two attached hydrogens (primary N) is 1. The molecule has 3 N–H and O–H groups in total. The van der Waals surface area contributed by atoms with Crippen LogP contribution in [0.2, 0.25) is 0 Å². The Labute approximate surface area is 106 Å². The lowest BCUT2D eigenvalue weighted by atomic mass is 10.1. The van der Waals surface area contributed by atoms with Crippen LogP contribution in [0, 0.1) is 0 Å². The zero-order valence-electron chi connectivity index (χ0n) is 11.1. The molecule has 1 unspecified atom stereocenters. The van der Waals surface area contributed by atoms with Gasteiger partial charge in [0.1, 0.15) is 0 Å². The molecule has 0 bridgehead atoms. The number of hydrogen-bond donors (Lipinski definition) is 2. The number of nitrogens with one attached hydrogen (secondary N) is 1. The van der Waals surface area contributed by atoms with Gasteiger partial charge in [-0.25, -0.2) is 0 Å². The Bertz CT molecular complexity index is 131. The molecule has 98 valence electrons. The molecule has 0 radical (unpaired) electrons. The Hall–Kier alpha value is 0.270. The van der Waals surface area contributed by atoms with E-state index in [-0.39, 0.29) is 0 Å². The fourth-order valence-electron chi connectivity index (χ4n) is 1.94. The molecule has 0 aliphatic rings. The van der Waals surface area contributed by atoms with Gasteiger partial charge in [-0.1, -0.05) is 58.3 Å². The molecule has 3 heteroatoms. The standard InChI is InChI=1S/C13H30N2S/c1-3-4-5-6-7-8-9-10-11-13(15-14)12-16-2/h13,15H,3-12,14H2,1-2H3. The summed E-state index contributed by atoms with van der Waals surface area (Å²) in [6, 6.07) is 0.509. The van der Waals surface area contributed by atoms with Gasteiger partial charge < -0.3 is 0 Å². The second kappa shape index (κ2) is 13.3. The van der Waals surface area contributed by atoms with Gasteiger partial charge in [-0.2, -0.15) is 11.8 Å². The summed E-state index contributed by atoms with van der Waals surface area (Å²) < 4.78 is 0. The molecule has 0 heterocycles. The largest absolute Gasteiger partial charge is 0.271 e. The maximum absolute atomic E-state index is 5.49. The van der Waals surface area contributed by atoms with Crippen LogP contribution in [0.3, 0.4) is 0 Å². The Morgan fingerprint density at radius 1 is 1.00 bits per heavy atom. The summed E-state index contributed by atoms with van der Waals surface area (Å²) in [5.41, 5.74) is 2.90. The molecule has 0 aromatic carbocycles. The molecule has 0 aliphatic heterocycles. The molecule has 0 fully saturated rings. The first-order valence-electron chi connectivity index (χ1n) is 6.80. The molecule has 0 aromatic heterocycles. The van der Waals surface area contributed by atoms with Crippen LogP contribution in [0.25, 0.3) is 0 Å². The van der Waals surface area contributed by atoms with Gasteiger partial charge in [0, 0.05) is 11.8 Å². The summed E-state index contributed by atoms with van der Waals surface area (Å²) in [4.78, 5) is 0. The van der Waals surface area contributed by atoms with Crippen LogP contribution in [0.1, 0.15) is 64.7 Å². The maximum atomic E-state index is 5.49. The normalized spacial score (nSPS) is 12.9. The van der Waals surface area contributed by atoms with Gasteiger partial charge in [0.15, 0.2) is 0 Å². The van der Waals surface area contributed by atoms with E-state index in [1.165, 1.54) is 57.8 Å². The lowest BCUT2D eigenvalue weighted by Gasteiger charge is -2.13. The van der Waals surface area contributed by atoms with Crippen molar-refractivity contribution in [2.75, 3.05) is 12.0 Å². The molecule has 0 saturated heterocycles. The highest BCUT2D eigenvalue weighted by Gasteiger charge is 2.04. The average Bonchev–Trinajstić information content (AvgIpc) is 2.31. The van der Waals surface area contributed by atoms with E-state index in [4.69, 9.17) is 5.84 Å². The zero-order valence-corrected chi connectivity index (χ0v) is 12.0. The van der Waals surface area contributed by atoms with Gasteiger partial charge in [0.2, 0.25) is 0 Å². The number of rotatable bonds is 12. The third-order valence-corrected chi connectivity index (χ3v) is 3.75. The third-order valence-electron chi connectivity index (χ3n) is 3.01. The molecule has 16 heavy (non-hydrogen) atoms. The van der Waals surface area contributed by atoms with Crippen molar-refractivity contribution in [1.29, 1.82) is 0 Å². The minimum atomic E-state index is 0.509. The zero-order chi connectivity index (χ0) is 12.1. The first-order chi connectivity index (χ1) is 7.85. The monoisotopic (exact) mass is 246 g/mol. The summed E-state index contributed by atoms with van der Waals surface area (Å²) in [5.74, 6) is 6.62. The van der Waals surface area contributed by atoms with E-state index in [9.17, 15) is 0 Å². The number of hydrazine groups is 1. The van der Waals surface area contributed by atoms with Gasteiger partial charge in [-0.15, -0.1) is 0 Å². The summed E-state index contributed by atoms with van der Waals surface area (Å²) in [6.07, 6.45) is 14.5. The minimum Gasteiger partial charge on any atom is -0.271 e. The van der Waals surface area contributed by atoms with E-state index in [1.807, 2.05) is 11.8 Å². The lowest BCUT2D eigenvalue weighted by Crippen LogP contribution is -2.36. The number of hydrogen-bond acceptors (Lipinski definition) is 3. The highest BCUT2D eigenvalue weighted by molar-refractivity contribution is 7.98. The summed E-state index contributed by atoms with van der Waals surface area (Å²) in [6.45, 7) is 2.27. The van der Waals surface area contributed by atoms with Crippen LogP contribution in [0.15, 0.2) is 0 Å². The highest BCUT2D eigenvalue weighted by atomic mass is 32.2. The van der Waals surface area contributed by atoms with E-state index in [0.717, 1.165) is 5.75 Å². The van der Waals surface area contributed by atoms with E-state index >= 15 is 0 Å². The molecule has 0 saturated carbocycles. The van der Waals surface area contributed by atoms with Crippen molar-refractivity contribution in [3.8, 4) is 0 Å². The molecule has 2 nitrogen and oxygen atoms in total.